The van der Waals surface area contributed by atoms with Crippen LogP contribution in [0.15, 0.2) is 36.7 Å². The number of ether oxygens (including phenoxy) is 1. The third kappa shape index (κ3) is 3.09. The van der Waals surface area contributed by atoms with Gasteiger partial charge in [0.2, 0.25) is 0 Å². The molecule has 7 nitrogen and oxygen atoms in total. The summed E-state index contributed by atoms with van der Waals surface area (Å²) in [5.74, 6) is 1.70. The first-order valence-electron chi connectivity index (χ1n) is 11.1. The number of nitrogens with two attached hydrogens (primary N) is 1. The number of pyridine rings is 1. The summed E-state index contributed by atoms with van der Waals surface area (Å²) in [6.07, 6.45) is 7.14. The molecule has 3 heterocycles. The molecule has 2 fully saturated rings. The molecule has 3 atom stereocenters. The van der Waals surface area contributed by atoms with E-state index in [1.54, 1.807) is 18.5 Å². The molecule has 2 aliphatic carbocycles. The Balaban J connectivity index is 1.51. The van der Waals surface area contributed by atoms with Gasteiger partial charge in [0.1, 0.15) is 17.4 Å². The summed E-state index contributed by atoms with van der Waals surface area (Å²) in [6.45, 7) is 0.900. The zero-order valence-corrected chi connectivity index (χ0v) is 17.9. The van der Waals surface area contributed by atoms with Crippen LogP contribution in [-0.4, -0.2) is 40.6 Å². The lowest BCUT2D eigenvalue weighted by Crippen LogP contribution is -2.45. The summed E-state index contributed by atoms with van der Waals surface area (Å²) >= 11 is 0. The highest BCUT2D eigenvalue weighted by atomic mass is 19.1. The van der Waals surface area contributed by atoms with Crippen LogP contribution in [0.25, 0.3) is 11.1 Å². The Morgan fingerprint density at radius 1 is 1.25 bits per heavy atom. The van der Waals surface area contributed by atoms with E-state index in [1.165, 1.54) is 6.07 Å². The maximum absolute atomic E-state index is 14.5. The van der Waals surface area contributed by atoms with Gasteiger partial charge in [-0.05, 0) is 60.6 Å². The molecule has 3 aromatic rings. The van der Waals surface area contributed by atoms with Gasteiger partial charge in [0.15, 0.2) is 0 Å². The van der Waals surface area contributed by atoms with Gasteiger partial charge in [0.05, 0.1) is 11.9 Å². The van der Waals surface area contributed by atoms with Crippen LogP contribution in [-0.2, 0) is 6.42 Å². The maximum atomic E-state index is 14.5. The summed E-state index contributed by atoms with van der Waals surface area (Å²) in [4.78, 5) is 16.0. The van der Waals surface area contributed by atoms with Gasteiger partial charge < -0.3 is 20.7 Å². The molecular weight excluding hydrogens is 407 g/mol. The van der Waals surface area contributed by atoms with E-state index in [-0.39, 0.29) is 23.9 Å². The second kappa shape index (κ2) is 7.41. The first-order chi connectivity index (χ1) is 15.6. The van der Waals surface area contributed by atoms with E-state index in [1.807, 2.05) is 19.2 Å². The number of benzene rings is 1. The highest BCUT2D eigenvalue weighted by molar-refractivity contribution is 5.88. The summed E-state index contributed by atoms with van der Waals surface area (Å²) in [5.41, 5.74) is 10.9. The van der Waals surface area contributed by atoms with Gasteiger partial charge in [0, 0.05) is 49.5 Å². The molecule has 3 unspecified atom stereocenters. The van der Waals surface area contributed by atoms with Gasteiger partial charge in [-0.1, -0.05) is 0 Å². The van der Waals surface area contributed by atoms with Gasteiger partial charge in [0.25, 0.3) is 0 Å². The molecule has 0 radical (unpaired) electrons. The van der Waals surface area contributed by atoms with Crippen molar-refractivity contribution in [1.29, 1.82) is 0 Å². The Morgan fingerprint density at radius 2 is 2.16 bits per heavy atom. The van der Waals surface area contributed by atoms with Crippen LogP contribution >= 0.6 is 0 Å². The lowest BCUT2D eigenvalue weighted by molar-refractivity contribution is 0.370. The predicted molar refractivity (Wildman–Crippen MR) is 121 cm³/mol. The quantitative estimate of drug-likeness (QED) is 0.508. The number of anilines is 2. The van der Waals surface area contributed by atoms with E-state index in [9.17, 15) is 4.39 Å². The third-order valence-corrected chi connectivity index (χ3v) is 6.99. The fourth-order valence-corrected chi connectivity index (χ4v) is 5.52. The van der Waals surface area contributed by atoms with Crippen molar-refractivity contribution in [2.24, 2.45) is 11.7 Å². The van der Waals surface area contributed by atoms with Crippen LogP contribution in [0, 0.1) is 11.7 Å². The van der Waals surface area contributed by atoms with E-state index in [0.717, 1.165) is 59.7 Å². The van der Waals surface area contributed by atoms with Crippen LogP contribution in [0.3, 0.4) is 0 Å². The maximum Gasteiger partial charge on any atom is 0.324 e. The minimum Gasteiger partial charge on any atom is -0.423 e. The minimum atomic E-state index is -0.278. The number of halogens is 1. The highest BCUT2D eigenvalue weighted by Gasteiger charge is 2.42. The van der Waals surface area contributed by atoms with Gasteiger partial charge >= 0.3 is 6.01 Å². The van der Waals surface area contributed by atoms with Gasteiger partial charge in [-0.15, -0.1) is 0 Å². The standard InChI is InChI=1S/C24H25FN6O/c1-27-19-9-14(25)8-17-16(19)10-20-22(17)23(31-12-13-4-5-18(26)21(31)7-13)30-24(29-20)32-15-3-2-6-28-11-15/h2-3,6,8-9,11,13,18,21,27H,4-5,7,10,12,26H2,1H3. The fourth-order valence-electron chi connectivity index (χ4n) is 5.52. The van der Waals surface area contributed by atoms with Crippen LogP contribution in [0.2, 0.25) is 0 Å². The number of aromatic nitrogens is 3. The number of fused-ring (bicyclic) bond motifs is 5. The summed E-state index contributed by atoms with van der Waals surface area (Å²) in [5, 5.41) is 3.13. The zero-order chi connectivity index (χ0) is 21.8. The van der Waals surface area contributed by atoms with E-state index < -0.39 is 0 Å². The van der Waals surface area contributed by atoms with E-state index in [2.05, 4.69) is 15.2 Å². The second-order valence-corrected chi connectivity index (χ2v) is 8.91. The molecule has 2 aromatic heterocycles. The molecule has 2 bridgehead atoms. The van der Waals surface area contributed by atoms with Crippen LogP contribution in [0.5, 0.6) is 11.8 Å². The Hall–Kier alpha value is -3.26. The number of hydrogen-bond acceptors (Lipinski definition) is 7. The van der Waals surface area contributed by atoms with E-state index in [0.29, 0.717) is 18.1 Å². The lowest BCUT2D eigenvalue weighted by Gasteiger charge is -2.32. The summed E-state index contributed by atoms with van der Waals surface area (Å²) < 4.78 is 20.5. The molecule has 1 aromatic carbocycles. The van der Waals surface area contributed by atoms with Crippen molar-refractivity contribution in [2.75, 3.05) is 23.8 Å². The SMILES string of the molecule is CNc1cc(F)cc2c1Cc1nc(Oc3cccnc3)nc(N3CC4CCC(N)C3C4)c1-2. The number of nitrogens with zero attached hydrogens (tertiary/aromatic N) is 4. The molecule has 164 valence electrons. The zero-order valence-electron chi connectivity index (χ0n) is 17.9. The summed E-state index contributed by atoms with van der Waals surface area (Å²) in [7, 11) is 1.81. The molecule has 0 spiro atoms. The molecule has 32 heavy (non-hydrogen) atoms. The van der Waals surface area contributed by atoms with Crippen LogP contribution in [0.1, 0.15) is 30.5 Å². The molecule has 3 aliphatic rings. The largest absolute Gasteiger partial charge is 0.423 e. The Bertz CT molecular complexity index is 1190. The van der Waals surface area contributed by atoms with Crippen molar-refractivity contribution < 1.29 is 9.13 Å². The van der Waals surface area contributed by atoms with Crippen LogP contribution in [0.4, 0.5) is 15.9 Å². The molecule has 8 heteroatoms. The minimum absolute atomic E-state index is 0.100. The number of hydrogen-bond donors (Lipinski definition) is 2. The van der Waals surface area contributed by atoms with Crippen molar-refractivity contribution in [1.82, 2.24) is 15.0 Å². The molecule has 1 saturated heterocycles. The highest BCUT2D eigenvalue weighted by Crippen LogP contribution is 2.48. The molecule has 1 saturated carbocycles. The number of rotatable bonds is 4. The second-order valence-electron chi connectivity index (χ2n) is 8.91. The average molecular weight is 433 g/mol. The van der Waals surface area contributed by atoms with Crippen molar-refractivity contribution in [2.45, 2.75) is 37.8 Å². The van der Waals surface area contributed by atoms with Gasteiger partial charge in [-0.25, -0.2) is 4.39 Å². The predicted octanol–water partition coefficient (Wildman–Crippen LogP) is 3.73. The fraction of sp³-hybridized carbons (Fsp3) is 0.375. The summed E-state index contributed by atoms with van der Waals surface area (Å²) in [6, 6.07) is 7.36. The van der Waals surface area contributed by atoms with E-state index >= 15 is 0 Å². The Labute approximate surface area is 185 Å². The molecule has 0 amide bonds. The molecule has 1 aliphatic heterocycles. The van der Waals surface area contributed by atoms with E-state index in [4.69, 9.17) is 20.4 Å². The average Bonchev–Trinajstić information content (AvgIpc) is 3.35. The monoisotopic (exact) mass is 432 g/mol. The first-order valence-corrected chi connectivity index (χ1v) is 11.1. The Kier molecular flexibility index (Phi) is 4.50. The number of nitrogens with one attached hydrogen (secondary N) is 1. The smallest absolute Gasteiger partial charge is 0.324 e. The lowest BCUT2D eigenvalue weighted by atomic mass is 9.87. The van der Waals surface area contributed by atoms with Crippen molar-refractivity contribution in [3.8, 4) is 22.9 Å². The van der Waals surface area contributed by atoms with Crippen LogP contribution < -0.4 is 20.7 Å². The Morgan fingerprint density at radius 3 is 2.97 bits per heavy atom. The topological polar surface area (TPSA) is 89.2 Å². The molecule has 6 rings (SSSR count). The van der Waals surface area contributed by atoms with Crippen molar-refractivity contribution in [3.63, 3.8) is 0 Å². The van der Waals surface area contributed by atoms with Gasteiger partial charge in [-0.3, -0.25) is 4.98 Å². The van der Waals surface area contributed by atoms with Gasteiger partial charge in [-0.2, -0.15) is 9.97 Å². The molecule has 3 N–H and O–H groups in total. The molecular formula is C24H25FN6O. The third-order valence-electron chi connectivity index (χ3n) is 6.99. The normalized spacial score (nSPS) is 23.1. The first kappa shape index (κ1) is 19.4. The van der Waals surface area contributed by atoms with Crippen molar-refractivity contribution >= 4 is 11.5 Å². The van der Waals surface area contributed by atoms with Crippen molar-refractivity contribution in [3.05, 3.63) is 53.7 Å².